The molecule has 2 fully saturated rings. The van der Waals surface area contributed by atoms with Crippen molar-refractivity contribution in [1.82, 2.24) is 25.6 Å². The molecule has 2 aromatic rings. The van der Waals surface area contributed by atoms with E-state index in [1.54, 1.807) is 0 Å². The number of nitrogens with zero attached hydrogens (tertiary/aromatic N) is 3. The first-order valence-electron chi connectivity index (χ1n) is 12.7. The number of halogens is 2. The van der Waals surface area contributed by atoms with Crippen LogP contribution in [0.4, 0.5) is 8.78 Å². The van der Waals surface area contributed by atoms with Gasteiger partial charge in [-0.1, -0.05) is 24.4 Å². The SMILES string of the molecule is CN(C)CCNC(=O)[C@@H]1CN(C2CCCCC2)CC[C@H]1NC(=O)c1cc(-c2ccc(F)cc2F)on1. The third-order valence-corrected chi connectivity index (χ3v) is 7.19. The van der Waals surface area contributed by atoms with Crippen LogP contribution in [-0.2, 0) is 4.79 Å². The zero-order valence-electron chi connectivity index (χ0n) is 20.9. The maximum Gasteiger partial charge on any atom is 0.273 e. The molecule has 10 heteroatoms. The standard InChI is InChI=1S/C26H35F2N5O3/c1-32(2)13-11-29-25(34)20-16-33(18-6-4-3-5-7-18)12-10-22(20)30-26(35)23-15-24(36-31-23)19-9-8-17(27)14-21(19)28/h8-9,14-15,18,20,22H,3-7,10-13,16H2,1-2H3,(H,29,34)(H,30,35)/t20-,22-/m1/s1. The van der Waals surface area contributed by atoms with E-state index in [-0.39, 0.29) is 29.0 Å². The van der Waals surface area contributed by atoms with Gasteiger partial charge in [0.25, 0.3) is 5.91 Å². The van der Waals surface area contributed by atoms with E-state index in [0.717, 1.165) is 38.1 Å². The number of likely N-dealkylation sites (tertiary alicyclic amines) is 1. The number of aromatic nitrogens is 1. The summed E-state index contributed by atoms with van der Waals surface area (Å²) in [5.41, 5.74) is -0.00270. The Morgan fingerprint density at radius 1 is 1.14 bits per heavy atom. The summed E-state index contributed by atoms with van der Waals surface area (Å²) >= 11 is 0. The fourth-order valence-corrected chi connectivity index (χ4v) is 5.17. The Kier molecular flexibility index (Phi) is 8.68. The van der Waals surface area contributed by atoms with E-state index in [4.69, 9.17) is 4.52 Å². The third-order valence-electron chi connectivity index (χ3n) is 7.19. The molecular formula is C26H35F2N5O3. The molecule has 0 spiro atoms. The summed E-state index contributed by atoms with van der Waals surface area (Å²) in [6.07, 6.45) is 6.62. The van der Waals surface area contributed by atoms with Crippen molar-refractivity contribution in [2.24, 2.45) is 5.92 Å². The van der Waals surface area contributed by atoms with Crippen LogP contribution in [0, 0.1) is 17.6 Å². The van der Waals surface area contributed by atoms with Crippen LogP contribution in [0.5, 0.6) is 0 Å². The smallest absolute Gasteiger partial charge is 0.273 e. The van der Waals surface area contributed by atoms with Crippen LogP contribution in [0.25, 0.3) is 11.3 Å². The Bertz CT molecular complexity index is 1050. The molecule has 196 valence electrons. The van der Waals surface area contributed by atoms with E-state index >= 15 is 0 Å². The van der Waals surface area contributed by atoms with E-state index in [0.29, 0.717) is 25.6 Å². The van der Waals surface area contributed by atoms with Crippen molar-refractivity contribution in [1.29, 1.82) is 0 Å². The van der Waals surface area contributed by atoms with E-state index < -0.39 is 23.5 Å². The van der Waals surface area contributed by atoms with Crippen LogP contribution in [0.3, 0.4) is 0 Å². The molecule has 1 aliphatic heterocycles. The number of benzene rings is 1. The van der Waals surface area contributed by atoms with Gasteiger partial charge in [-0.3, -0.25) is 14.5 Å². The van der Waals surface area contributed by atoms with Gasteiger partial charge >= 0.3 is 0 Å². The second-order valence-electron chi connectivity index (χ2n) is 10.1. The van der Waals surface area contributed by atoms with Crippen LogP contribution in [-0.4, -0.2) is 79.1 Å². The second kappa shape index (κ2) is 11.9. The van der Waals surface area contributed by atoms with E-state index in [9.17, 15) is 18.4 Å². The predicted molar refractivity (Wildman–Crippen MR) is 131 cm³/mol. The summed E-state index contributed by atoms with van der Waals surface area (Å²) in [6, 6.07) is 4.55. The molecule has 2 amide bonds. The quantitative estimate of drug-likeness (QED) is 0.576. The third kappa shape index (κ3) is 6.47. The van der Waals surface area contributed by atoms with Crippen molar-refractivity contribution in [3.63, 3.8) is 0 Å². The van der Waals surface area contributed by atoms with Gasteiger partial charge in [0, 0.05) is 50.4 Å². The molecule has 8 nitrogen and oxygen atoms in total. The number of hydrogen-bond acceptors (Lipinski definition) is 6. The second-order valence-corrected chi connectivity index (χ2v) is 10.1. The number of carbonyl (C=O) groups is 2. The maximum atomic E-state index is 14.1. The molecule has 2 N–H and O–H groups in total. The highest BCUT2D eigenvalue weighted by molar-refractivity contribution is 5.94. The van der Waals surface area contributed by atoms with Crippen LogP contribution in [0.2, 0.25) is 0 Å². The number of carbonyl (C=O) groups excluding carboxylic acids is 2. The van der Waals surface area contributed by atoms with Crippen LogP contribution < -0.4 is 10.6 Å². The van der Waals surface area contributed by atoms with Crippen molar-refractivity contribution in [2.75, 3.05) is 40.3 Å². The molecule has 1 aromatic heterocycles. The lowest BCUT2D eigenvalue weighted by atomic mass is 9.87. The zero-order valence-corrected chi connectivity index (χ0v) is 20.9. The van der Waals surface area contributed by atoms with Gasteiger partial charge in [-0.2, -0.15) is 0 Å². The van der Waals surface area contributed by atoms with Crippen LogP contribution in [0.1, 0.15) is 49.0 Å². The fraction of sp³-hybridized carbons (Fsp3) is 0.577. The number of nitrogens with one attached hydrogen (secondary N) is 2. The number of amides is 2. The van der Waals surface area contributed by atoms with Gasteiger partial charge in [0.2, 0.25) is 5.91 Å². The minimum Gasteiger partial charge on any atom is -0.355 e. The monoisotopic (exact) mass is 503 g/mol. The average molecular weight is 504 g/mol. The van der Waals surface area contributed by atoms with Crippen molar-refractivity contribution in [3.8, 4) is 11.3 Å². The van der Waals surface area contributed by atoms with Gasteiger partial charge in [0.15, 0.2) is 11.5 Å². The first-order chi connectivity index (χ1) is 17.3. The topological polar surface area (TPSA) is 90.7 Å². The Labute approximate surface area is 210 Å². The molecule has 0 unspecified atom stereocenters. The lowest BCUT2D eigenvalue weighted by molar-refractivity contribution is -0.128. The summed E-state index contributed by atoms with van der Waals surface area (Å²) < 4.78 is 32.5. The molecule has 0 bridgehead atoms. The molecule has 2 atom stereocenters. The summed E-state index contributed by atoms with van der Waals surface area (Å²) in [4.78, 5) is 30.6. The van der Waals surface area contributed by atoms with Gasteiger partial charge < -0.3 is 20.1 Å². The molecule has 1 aliphatic carbocycles. The Hall–Kier alpha value is -2.85. The first-order valence-corrected chi connectivity index (χ1v) is 12.7. The van der Waals surface area contributed by atoms with Gasteiger partial charge in [-0.25, -0.2) is 8.78 Å². The van der Waals surface area contributed by atoms with Crippen LogP contribution >= 0.6 is 0 Å². The number of likely N-dealkylation sites (N-methyl/N-ethyl adjacent to an activating group) is 1. The molecule has 1 saturated heterocycles. The lowest BCUT2D eigenvalue weighted by Crippen LogP contribution is -2.58. The molecule has 2 aliphatic rings. The molecule has 36 heavy (non-hydrogen) atoms. The average Bonchev–Trinajstić information content (AvgIpc) is 3.34. The molecule has 2 heterocycles. The number of rotatable bonds is 8. The van der Waals surface area contributed by atoms with Gasteiger partial charge in [-0.15, -0.1) is 0 Å². The molecule has 1 aromatic carbocycles. The highest BCUT2D eigenvalue weighted by Crippen LogP contribution is 2.28. The minimum absolute atomic E-state index is 0.0156. The highest BCUT2D eigenvalue weighted by Gasteiger charge is 2.38. The normalized spacial score (nSPS) is 21.5. The van der Waals surface area contributed by atoms with Gasteiger partial charge in [0.1, 0.15) is 11.6 Å². The Morgan fingerprint density at radius 2 is 1.92 bits per heavy atom. The van der Waals surface area contributed by atoms with Crippen molar-refractivity contribution < 1.29 is 22.9 Å². The number of piperidine rings is 1. The van der Waals surface area contributed by atoms with Crippen molar-refractivity contribution >= 4 is 11.8 Å². The van der Waals surface area contributed by atoms with E-state index in [1.807, 2.05) is 19.0 Å². The van der Waals surface area contributed by atoms with Crippen LogP contribution in [0.15, 0.2) is 28.8 Å². The Balaban J connectivity index is 1.45. The van der Waals surface area contributed by atoms with E-state index in [1.165, 1.54) is 31.4 Å². The predicted octanol–water partition coefficient (Wildman–Crippen LogP) is 3.05. The fourth-order valence-electron chi connectivity index (χ4n) is 5.17. The Morgan fingerprint density at radius 3 is 2.64 bits per heavy atom. The summed E-state index contributed by atoms with van der Waals surface area (Å²) in [5.74, 6) is -2.44. The summed E-state index contributed by atoms with van der Waals surface area (Å²) in [6.45, 7) is 2.65. The van der Waals surface area contributed by atoms with Crippen molar-refractivity contribution in [2.45, 2.75) is 50.6 Å². The first kappa shape index (κ1) is 26.2. The summed E-state index contributed by atoms with van der Waals surface area (Å²) in [5, 5.41) is 9.77. The molecule has 4 rings (SSSR count). The maximum absolute atomic E-state index is 14.1. The molecular weight excluding hydrogens is 468 g/mol. The van der Waals surface area contributed by atoms with Gasteiger partial charge in [-0.05, 0) is 45.5 Å². The molecule has 0 radical (unpaired) electrons. The molecule has 1 saturated carbocycles. The highest BCUT2D eigenvalue weighted by atomic mass is 19.1. The van der Waals surface area contributed by atoms with Crippen molar-refractivity contribution in [3.05, 3.63) is 41.6 Å². The van der Waals surface area contributed by atoms with Gasteiger partial charge in [0.05, 0.1) is 11.5 Å². The lowest BCUT2D eigenvalue weighted by Gasteiger charge is -2.43. The largest absolute Gasteiger partial charge is 0.355 e. The minimum atomic E-state index is -0.803. The number of hydrogen-bond donors (Lipinski definition) is 2. The zero-order chi connectivity index (χ0) is 25.7. The van der Waals surface area contributed by atoms with E-state index in [2.05, 4.69) is 20.7 Å². The summed E-state index contributed by atoms with van der Waals surface area (Å²) in [7, 11) is 3.90.